The van der Waals surface area contributed by atoms with Crippen molar-refractivity contribution in [1.29, 1.82) is 0 Å². The van der Waals surface area contributed by atoms with Crippen LogP contribution in [0.5, 0.6) is 0 Å². The van der Waals surface area contributed by atoms with E-state index in [4.69, 9.17) is 4.74 Å². The third kappa shape index (κ3) is 8.00. The van der Waals surface area contributed by atoms with Crippen molar-refractivity contribution in [3.8, 4) is 0 Å². The number of benzene rings is 2. The topological polar surface area (TPSA) is 96.5 Å². The van der Waals surface area contributed by atoms with Crippen LogP contribution in [-0.4, -0.2) is 30.6 Å². The van der Waals surface area contributed by atoms with Gasteiger partial charge in [0.25, 0.3) is 5.91 Å². The van der Waals surface area contributed by atoms with Gasteiger partial charge in [0.2, 0.25) is 0 Å². The first-order chi connectivity index (χ1) is 14.5. The van der Waals surface area contributed by atoms with Gasteiger partial charge in [-0.15, -0.1) is 0 Å². The van der Waals surface area contributed by atoms with E-state index in [9.17, 15) is 27.6 Å². The molecule has 3 N–H and O–H groups in total. The monoisotopic (exact) mass is 437 g/mol. The van der Waals surface area contributed by atoms with Crippen LogP contribution in [0.2, 0.25) is 0 Å². The lowest BCUT2D eigenvalue weighted by molar-refractivity contribution is -0.137. The highest BCUT2D eigenvalue weighted by molar-refractivity contribution is 5.95. The van der Waals surface area contributed by atoms with Crippen molar-refractivity contribution in [2.45, 2.75) is 32.6 Å². The fourth-order valence-electron chi connectivity index (χ4n) is 2.41. The summed E-state index contributed by atoms with van der Waals surface area (Å²) in [5.74, 6) is -1.43. The van der Waals surface area contributed by atoms with Crippen LogP contribution in [0.15, 0.2) is 48.5 Å². The van der Waals surface area contributed by atoms with Gasteiger partial charge in [0, 0.05) is 18.3 Å². The Morgan fingerprint density at radius 1 is 0.968 bits per heavy atom. The number of hydrogen-bond acceptors (Lipinski definition) is 4. The number of carbonyl (C=O) groups excluding carboxylic acids is 3. The first-order valence-corrected chi connectivity index (χ1v) is 9.32. The predicted molar refractivity (Wildman–Crippen MR) is 107 cm³/mol. The first kappa shape index (κ1) is 23.7. The van der Waals surface area contributed by atoms with E-state index < -0.39 is 30.2 Å². The molecule has 0 heterocycles. The second-order valence-corrected chi connectivity index (χ2v) is 6.88. The van der Waals surface area contributed by atoms with Crippen LogP contribution in [0.1, 0.15) is 35.3 Å². The van der Waals surface area contributed by atoms with Gasteiger partial charge in [0.1, 0.15) is 0 Å². The van der Waals surface area contributed by atoms with E-state index in [0.29, 0.717) is 0 Å². The van der Waals surface area contributed by atoms with Gasteiger partial charge in [-0.05, 0) is 55.8 Å². The summed E-state index contributed by atoms with van der Waals surface area (Å²) in [5.41, 5.74) is 0.275. The van der Waals surface area contributed by atoms with Crippen LogP contribution >= 0.6 is 0 Å². The lowest BCUT2D eigenvalue weighted by Crippen LogP contribution is -2.39. The minimum Gasteiger partial charge on any atom is -0.452 e. The number of nitrogens with one attached hydrogen (secondary N) is 3. The SMILES string of the molecule is CC(C)NC(=O)NCc1ccc(C(=O)OCC(=O)Nc2ccc(C(F)(F)F)cc2)cc1. The Labute approximate surface area is 177 Å². The summed E-state index contributed by atoms with van der Waals surface area (Å²) < 4.78 is 42.5. The number of carbonyl (C=O) groups is 3. The fraction of sp³-hybridized carbons (Fsp3) is 0.286. The maximum atomic E-state index is 12.5. The molecular weight excluding hydrogens is 415 g/mol. The molecule has 0 fully saturated rings. The van der Waals surface area contributed by atoms with Gasteiger partial charge in [-0.2, -0.15) is 13.2 Å². The maximum absolute atomic E-state index is 12.5. The van der Waals surface area contributed by atoms with Crippen LogP contribution in [0, 0.1) is 0 Å². The van der Waals surface area contributed by atoms with Crippen molar-refractivity contribution in [2.75, 3.05) is 11.9 Å². The second kappa shape index (κ2) is 10.5. The van der Waals surface area contributed by atoms with Gasteiger partial charge in [-0.1, -0.05) is 12.1 Å². The smallest absolute Gasteiger partial charge is 0.416 e. The third-order valence-corrected chi connectivity index (χ3v) is 3.89. The first-order valence-electron chi connectivity index (χ1n) is 9.32. The second-order valence-electron chi connectivity index (χ2n) is 6.88. The molecule has 2 rings (SSSR count). The predicted octanol–water partition coefficient (Wildman–Crippen LogP) is 3.71. The number of urea groups is 1. The molecule has 0 atom stereocenters. The van der Waals surface area contributed by atoms with Gasteiger partial charge >= 0.3 is 18.2 Å². The van der Waals surface area contributed by atoms with Crippen LogP contribution in [0.4, 0.5) is 23.7 Å². The number of halogens is 3. The van der Waals surface area contributed by atoms with Crippen LogP contribution in [-0.2, 0) is 22.3 Å². The van der Waals surface area contributed by atoms with E-state index in [-0.39, 0.29) is 29.9 Å². The summed E-state index contributed by atoms with van der Waals surface area (Å²) in [6, 6.07) is 9.85. The average Bonchev–Trinajstić information content (AvgIpc) is 2.70. The molecule has 0 spiro atoms. The van der Waals surface area contributed by atoms with Crippen molar-refractivity contribution in [1.82, 2.24) is 10.6 Å². The lowest BCUT2D eigenvalue weighted by atomic mass is 10.1. The van der Waals surface area contributed by atoms with Crippen LogP contribution in [0.25, 0.3) is 0 Å². The number of alkyl halides is 3. The minimum atomic E-state index is -4.47. The molecular formula is C21H22F3N3O4. The number of amides is 3. The molecule has 10 heteroatoms. The zero-order chi connectivity index (χ0) is 23.0. The molecule has 0 radical (unpaired) electrons. The average molecular weight is 437 g/mol. The van der Waals surface area contributed by atoms with Crippen molar-refractivity contribution < 1.29 is 32.3 Å². The van der Waals surface area contributed by atoms with Gasteiger partial charge in [0.15, 0.2) is 6.61 Å². The molecule has 0 saturated carbocycles. The minimum absolute atomic E-state index is 0.00796. The molecule has 0 aliphatic heterocycles. The molecule has 0 aliphatic carbocycles. The highest BCUT2D eigenvalue weighted by Gasteiger charge is 2.30. The van der Waals surface area contributed by atoms with Crippen LogP contribution < -0.4 is 16.0 Å². The van der Waals surface area contributed by atoms with Gasteiger partial charge in [0.05, 0.1) is 11.1 Å². The Kier molecular flexibility index (Phi) is 8.00. The molecule has 3 amide bonds. The Hall–Kier alpha value is -3.56. The number of anilines is 1. The molecule has 0 unspecified atom stereocenters. The summed E-state index contributed by atoms with van der Waals surface area (Å²) in [4.78, 5) is 35.5. The summed E-state index contributed by atoms with van der Waals surface area (Å²) in [5, 5.41) is 7.70. The Bertz CT molecular complexity index is 911. The molecule has 2 aromatic rings. The maximum Gasteiger partial charge on any atom is 0.416 e. The zero-order valence-corrected chi connectivity index (χ0v) is 16.9. The highest BCUT2D eigenvalue weighted by atomic mass is 19.4. The molecule has 2 aromatic carbocycles. The molecule has 0 aliphatic rings. The summed E-state index contributed by atoms with van der Waals surface area (Å²) in [6.45, 7) is 3.34. The van der Waals surface area contributed by atoms with E-state index in [1.807, 2.05) is 13.8 Å². The van der Waals surface area contributed by atoms with Crippen LogP contribution in [0.3, 0.4) is 0 Å². The summed E-state index contributed by atoms with van der Waals surface area (Å²) in [6.07, 6.45) is -4.47. The third-order valence-electron chi connectivity index (χ3n) is 3.89. The van der Waals surface area contributed by atoms with Gasteiger partial charge in [-0.3, -0.25) is 4.79 Å². The molecule has 0 saturated heterocycles. The Balaban J connectivity index is 1.80. The highest BCUT2D eigenvalue weighted by Crippen LogP contribution is 2.29. The summed E-state index contributed by atoms with van der Waals surface area (Å²) >= 11 is 0. The van der Waals surface area contributed by atoms with E-state index in [1.54, 1.807) is 12.1 Å². The van der Waals surface area contributed by atoms with E-state index in [0.717, 1.165) is 29.8 Å². The Morgan fingerprint density at radius 3 is 2.13 bits per heavy atom. The summed E-state index contributed by atoms with van der Waals surface area (Å²) in [7, 11) is 0. The van der Waals surface area contributed by atoms with E-state index in [2.05, 4.69) is 16.0 Å². The largest absolute Gasteiger partial charge is 0.452 e. The molecule has 166 valence electrons. The standard InChI is InChI=1S/C21H22F3N3O4/c1-13(2)26-20(30)25-11-14-3-5-15(6-4-14)19(29)31-12-18(28)27-17-9-7-16(8-10-17)21(22,23)24/h3-10,13H,11-12H2,1-2H3,(H,27,28)(H2,25,26,30). The van der Waals surface area contributed by atoms with Crippen molar-refractivity contribution in [3.05, 3.63) is 65.2 Å². The van der Waals surface area contributed by atoms with Crippen molar-refractivity contribution in [3.63, 3.8) is 0 Å². The van der Waals surface area contributed by atoms with E-state index in [1.165, 1.54) is 12.1 Å². The van der Waals surface area contributed by atoms with Crippen molar-refractivity contribution >= 4 is 23.6 Å². The van der Waals surface area contributed by atoms with Crippen molar-refractivity contribution in [2.24, 2.45) is 0 Å². The number of rotatable bonds is 7. The number of ether oxygens (including phenoxy) is 1. The molecule has 0 aromatic heterocycles. The lowest BCUT2D eigenvalue weighted by Gasteiger charge is -2.10. The normalized spacial score (nSPS) is 11.0. The number of esters is 1. The quantitative estimate of drug-likeness (QED) is 0.576. The molecule has 7 nitrogen and oxygen atoms in total. The molecule has 0 bridgehead atoms. The van der Waals surface area contributed by atoms with Gasteiger partial charge < -0.3 is 20.7 Å². The number of hydrogen-bond donors (Lipinski definition) is 3. The zero-order valence-electron chi connectivity index (χ0n) is 16.9. The Morgan fingerprint density at radius 2 is 1.58 bits per heavy atom. The van der Waals surface area contributed by atoms with Gasteiger partial charge in [-0.25, -0.2) is 9.59 Å². The van der Waals surface area contributed by atoms with E-state index >= 15 is 0 Å². The fourth-order valence-corrected chi connectivity index (χ4v) is 2.41. The molecule has 31 heavy (non-hydrogen) atoms.